The van der Waals surface area contributed by atoms with E-state index in [0.717, 1.165) is 12.1 Å². The van der Waals surface area contributed by atoms with Gasteiger partial charge in [0.1, 0.15) is 17.6 Å². The van der Waals surface area contributed by atoms with E-state index in [0.29, 0.717) is 0 Å². The Labute approximate surface area is 121 Å². The van der Waals surface area contributed by atoms with Crippen molar-refractivity contribution in [3.05, 3.63) is 69.2 Å². The Kier molecular flexibility index (Phi) is 3.01. The van der Waals surface area contributed by atoms with Gasteiger partial charge in [0.25, 0.3) is 0 Å². The van der Waals surface area contributed by atoms with E-state index in [1.165, 1.54) is 12.1 Å². The summed E-state index contributed by atoms with van der Waals surface area (Å²) in [6.45, 7) is 0. The van der Waals surface area contributed by atoms with Gasteiger partial charge in [-0.25, -0.2) is 8.78 Å². The van der Waals surface area contributed by atoms with Gasteiger partial charge >= 0.3 is 0 Å². The molecule has 0 fully saturated rings. The van der Waals surface area contributed by atoms with Crippen LogP contribution in [0.2, 0.25) is 0 Å². The molecule has 0 bridgehead atoms. The van der Waals surface area contributed by atoms with Crippen LogP contribution >= 0.6 is 15.9 Å². The maximum Gasteiger partial charge on any atom is 0.179 e. The molecule has 0 heterocycles. The average molecular weight is 337 g/mol. The highest BCUT2D eigenvalue weighted by molar-refractivity contribution is 9.10. The number of carbonyl (C=O) groups excluding carboxylic acids is 2. The van der Waals surface area contributed by atoms with Crippen LogP contribution in [0.3, 0.4) is 0 Å². The van der Waals surface area contributed by atoms with Crippen molar-refractivity contribution in [1.29, 1.82) is 0 Å². The van der Waals surface area contributed by atoms with Gasteiger partial charge in [0.15, 0.2) is 11.6 Å². The lowest BCUT2D eigenvalue weighted by molar-refractivity contribution is 0.0885. The minimum absolute atomic E-state index is 0.212. The largest absolute Gasteiger partial charge is 0.293 e. The van der Waals surface area contributed by atoms with Crippen LogP contribution in [0.15, 0.2) is 40.9 Å². The molecule has 2 aromatic carbocycles. The molecule has 2 aromatic rings. The summed E-state index contributed by atoms with van der Waals surface area (Å²) < 4.78 is 28.1. The van der Waals surface area contributed by atoms with Gasteiger partial charge in [-0.05, 0) is 12.1 Å². The third-order valence-corrected chi connectivity index (χ3v) is 3.77. The highest BCUT2D eigenvalue weighted by atomic mass is 79.9. The van der Waals surface area contributed by atoms with Crippen LogP contribution in [-0.2, 0) is 0 Å². The van der Waals surface area contributed by atoms with Crippen molar-refractivity contribution >= 4 is 27.5 Å². The van der Waals surface area contributed by atoms with Crippen LogP contribution in [0.1, 0.15) is 32.2 Å². The third-order valence-electron chi connectivity index (χ3n) is 3.31. The fraction of sp³-hybridized carbons (Fsp3) is 0.0667. The standard InChI is InChI=1S/C15H7BrF2O2/c16-7-5-10(17)12(11(18)6-7)13-14(19)8-3-1-2-4-9(8)15(13)20/h1-6,13H. The molecule has 5 heteroatoms. The van der Waals surface area contributed by atoms with Crippen LogP contribution in [0.25, 0.3) is 0 Å². The van der Waals surface area contributed by atoms with E-state index in [1.54, 1.807) is 12.1 Å². The van der Waals surface area contributed by atoms with Crippen LogP contribution < -0.4 is 0 Å². The van der Waals surface area contributed by atoms with E-state index in [-0.39, 0.29) is 15.6 Å². The Hall–Kier alpha value is -1.88. The summed E-state index contributed by atoms with van der Waals surface area (Å²) >= 11 is 2.96. The number of fused-ring (bicyclic) bond motifs is 1. The second kappa shape index (κ2) is 4.59. The van der Waals surface area contributed by atoms with E-state index >= 15 is 0 Å². The Balaban J connectivity index is 2.19. The third kappa shape index (κ3) is 1.81. The maximum absolute atomic E-state index is 14.0. The van der Waals surface area contributed by atoms with Crippen molar-refractivity contribution in [2.75, 3.05) is 0 Å². The molecule has 20 heavy (non-hydrogen) atoms. The summed E-state index contributed by atoms with van der Waals surface area (Å²) in [6.07, 6.45) is 0. The monoisotopic (exact) mass is 336 g/mol. The molecule has 0 unspecified atom stereocenters. The van der Waals surface area contributed by atoms with Crippen LogP contribution in [-0.4, -0.2) is 11.6 Å². The zero-order valence-corrected chi connectivity index (χ0v) is 11.6. The zero-order chi connectivity index (χ0) is 14.4. The summed E-state index contributed by atoms with van der Waals surface area (Å²) in [5.74, 6) is -4.37. The number of benzene rings is 2. The van der Waals surface area contributed by atoms with Gasteiger partial charge in [-0.15, -0.1) is 0 Å². The first kappa shape index (κ1) is 13.1. The molecule has 0 amide bonds. The number of Topliss-reactive ketones (excluding diaryl/α,β-unsaturated/α-hetero) is 2. The lowest BCUT2D eigenvalue weighted by atomic mass is 9.93. The van der Waals surface area contributed by atoms with E-state index in [4.69, 9.17) is 0 Å². The molecule has 0 saturated heterocycles. The predicted molar refractivity (Wildman–Crippen MR) is 71.9 cm³/mol. The number of carbonyl (C=O) groups is 2. The van der Waals surface area contributed by atoms with Crippen molar-refractivity contribution in [3.8, 4) is 0 Å². The minimum atomic E-state index is -1.43. The lowest BCUT2D eigenvalue weighted by Crippen LogP contribution is -2.16. The summed E-state index contributed by atoms with van der Waals surface area (Å²) in [4.78, 5) is 24.5. The van der Waals surface area contributed by atoms with Gasteiger partial charge in [0, 0.05) is 21.2 Å². The molecule has 0 N–H and O–H groups in total. The maximum atomic E-state index is 14.0. The molecule has 1 aliphatic carbocycles. The van der Waals surface area contributed by atoms with E-state index in [9.17, 15) is 18.4 Å². The molecule has 100 valence electrons. The second-order valence-electron chi connectivity index (χ2n) is 4.49. The molecule has 2 nitrogen and oxygen atoms in total. The first-order valence-corrected chi connectivity index (χ1v) is 6.62. The van der Waals surface area contributed by atoms with Crippen molar-refractivity contribution in [1.82, 2.24) is 0 Å². The summed E-state index contributed by atoms with van der Waals surface area (Å²) in [5, 5.41) is 0. The molecule has 0 atom stereocenters. The number of rotatable bonds is 1. The number of hydrogen-bond donors (Lipinski definition) is 0. The minimum Gasteiger partial charge on any atom is -0.293 e. The zero-order valence-electron chi connectivity index (χ0n) is 9.99. The normalized spacial score (nSPS) is 14.8. The van der Waals surface area contributed by atoms with Gasteiger partial charge in [-0.3, -0.25) is 9.59 Å². The van der Waals surface area contributed by atoms with Crippen molar-refractivity contribution in [2.24, 2.45) is 0 Å². The lowest BCUT2D eigenvalue weighted by Gasteiger charge is -2.10. The fourth-order valence-electron chi connectivity index (χ4n) is 2.43. The summed E-state index contributed by atoms with van der Waals surface area (Å²) in [5.41, 5.74) is -0.0622. The van der Waals surface area contributed by atoms with Gasteiger partial charge in [0.2, 0.25) is 0 Å². The number of halogens is 3. The van der Waals surface area contributed by atoms with Gasteiger partial charge in [-0.2, -0.15) is 0 Å². The quantitative estimate of drug-likeness (QED) is 0.740. The Morgan fingerprint density at radius 1 is 0.900 bits per heavy atom. The highest BCUT2D eigenvalue weighted by Crippen LogP contribution is 2.37. The van der Waals surface area contributed by atoms with Crippen molar-refractivity contribution in [3.63, 3.8) is 0 Å². The number of hydrogen-bond acceptors (Lipinski definition) is 2. The molecule has 0 saturated carbocycles. The van der Waals surface area contributed by atoms with Crippen LogP contribution in [0.4, 0.5) is 8.78 Å². The van der Waals surface area contributed by atoms with Gasteiger partial charge in [0.05, 0.1) is 0 Å². The van der Waals surface area contributed by atoms with Gasteiger partial charge < -0.3 is 0 Å². The molecule has 3 rings (SSSR count). The highest BCUT2D eigenvalue weighted by Gasteiger charge is 2.42. The van der Waals surface area contributed by atoms with E-state index < -0.39 is 34.7 Å². The Bertz CT molecular complexity index is 697. The Morgan fingerprint density at radius 2 is 1.35 bits per heavy atom. The molecule has 1 aliphatic rings. The Morgan fingerprint density at radius 3 is 1.80 bits per heavy atom. The first-order valence-electron chi connectivity index (χ1n) is 5.82. The first-order chi connectivity index (χ1) is 9.50. The van der Waals surface area contributed by atoms with E-state index in [2.05, 4.69) is 15.9 Å². The molecule has 0 radical (unpaired) electrons. The molecule has 0 aromatic heterocycles. The number of ketones is 2. The second-order valence-corrected chi connectivity index (χ2v) is 5.41. The van der Waals surface area contributed by atoms with E-state index in [1.807, 2.05) is 0 Å². The van der Waals surface area contributed by atoms with Crippen molar-refractivity contribution in [2.45, 2.75) is 5.92 Å². The average Bonchev–Trinajstić information content (AvgIpc) is 2.64. The predicted octanol–water partition coefficient (Wildman–Crippen LogP) is 3.89. The summed E-state index contributed by atoms with van der Waals surface area (Å²) in [7, 11) is 0. The topological polar surface area (TPSA) is 34.1 Å². The smallest absolute Gasteiger partial charge is 0.179 e. The molecular formula is C15H7BrF2O2. The van der Waals surface area contributed by atoms with Crippen molar-refractivity contribution < 1.29 is 18.4 Å². The SMILES string of the molecule is O=C1c2ccccc2C(=O)C1c1c(F)cc(Br)cc1F. The van der Waals surface area contributed by atoms with Crippen LogP contribution in [0.5, 0.6) is 0 Å². The molecular weight excluding hydrogens is 330 g/mol. The van der Waals surface area contributed by atoms with Gasteiger partial charge in [-0.1, -0.05) is 40.2 Å². The fourth-order valence-corrected chi connectivity index (χ4v) is 2.84. The van der Waals surface area contributed by atoms with Crippen LogP contribution in [0, 0.1) is 11.6 Å². The summed E-state index contributed by atoms with van der Waals surface area (Å²) in [6, 6.07) is 8.29. The molecule has 0 spiro atoms. The molecule has 0 aliphatic heterocycles.